The molecule has 1 fully saturated rings. The Morgan fingerprint density at radius 3 is 2.80 bits per heavy atom. The van der Waals surface area contributed by atoms with Crippen LogP contribution in [0, 0.1) is 20.8 Å². The zero-order chi connectivity index (χ0) is 14.3. The molecule has 1 unspecified atom stereocenters. The molecule has 20 heavy (non-hydrogen) atoms. The number of nitrogens with zero attached hydrogens (tertiary/aromatic N) is 3. The van der Waals surface area contributed by atoms with Gasteiger partial charge in [0.1, 0.15) is 5.82 Å². The number of imidazole rings is 1. The van der Waals surface area contributed by atoms with Crippen molar-refractivity contribution in [2.24, 2.45) is 0 Å². The third-order valence-electron chi connectivity index (χ3n) is 3.78. The number of hydrogen-bond donors (Lipinski definition) is 1. The maximum atomic E-state index is 12.6. The summed E-state index contributed by atoms with van der Waals surface area (Å²) in [6, 6.07) is 0.0547. The van der Waals surface area contributed by atoms with Crippen molar-refractivity contribution in [2.75, 3.05) is 6.54 Å². The first-order valence-corrected chi connectivity index (χ1v) is 7.70. The number of rotatable bonds is 2. The van der Waals surface area contributed by atoms with E-state index in [0.29, 0.717) is 5.01 Å². The molecule has 0 spiro atoms. The van der Waals surface area contributed by atoms with Crippen LogP contribution >= 0.6 is 11.3 Å². The zero-order valence-corrected chi connectivity index (χ0v) is 12.8. The number of hydrogen-bond acceptors (Lipinski definition) is 4. The maximum absolute atomic E-state index is 12.6. The molecule has 1 N–H and O–H groups in total. The zero-order valence-electron chi connectivity index (χ0n) is 11.9. The van der Waals surface area contributed by atoms with Crippen LogP contribution in [-0.4, -0.2) is 32.3 Å². The van der Waals surface area contributed by atoms with Crippen molar-refractivity contribution >= 4 is 17.2 Å². The summed E-state index contributed by atoms with van der Waals surface area (Å²) in [5.74, 6) is 0.927. The minimum absolute atomic E-state index is 0.0253. The standard InChI is InChI=1S/C14H18N4OS/c1-8-7-20-13(15-8)14(19)18-6-4-5-11(18)12-16-9(2)10(3)17-12/h7,11H,4-6H2,1-3H3,(H,16,17). The summed E-state index contributed by atoms with van der Waals surface area (Å²) in [6.45, 7) is 6.69. The van der Waals surface area contributed by atoms with Crippen LogP contribution in [-0.2, 0) is 0 Å². The lowest BCUT2D eigenvalue weighted by atomic mass is 10.2. The van der Waals surface area contributed by atoms with Crippen molar-refractivity contribution in [2.45, 2.75) is 39.7 Å². The quantitative estimate of drug-likeness (QED) is 0.925. The fraction of sp³-hybridized carbons (Fsp3) is 0.500. The third-order valence-corrected chi connectivity index (χ3v) is 4.73. The van der Waals surface area contributed by atoms with Crippen LogP contribution in [0.1, 0.15) is 51.6 Å². The largest absolute Gasteiger partial charge is 0.344 e. The normalized spacial score (nSPS) is 18.8. The van der Waals surface area contributed by atoms with Gasteiger partial charge in [-0.05, 0) is 33.6 Å². The Morgan fingerprint density at radius 1 is 1.40 bits per heavy atom. The van der Waals surface area contributed by atoms with E-state index in [-0.39, 0.29) is 11.9 Å². The lowest BCUT2D eigenvalue weighted by molar-refractivity contribution is 0.0729. The Kier molecular flexibility index (Phi) is 3.33. The van der Waals surface area contributed by atoms with Crippen molar-refractivity contribution < 1.29 is 4.79 Å². The van der Waals surface area contributed by atoms with Crippen LogP contribution in [0.15, 0.2) is 5.38 Å². The highest BCUT2D eigenvalue weighted by Gasteiger charge is 2.33. The average molecular weight is 290 g/mol. The second-order valence-corrected chi connectivity index (χ2v) is 6.14. The Balaban J connectivity index is 1.87. The van der Waals surface area contributed by atoms with Crippen LogP contribution in [0.3, 0.4) is 0 Å². The molecule has 1 aliphatic heterocycles. The molecule has 106 valence electrons. The van der Waals surface area contributed by atoms with Crippen LogP contribution in [0.4, 0.5) is 0 Å². The van der Waals surface area contributed by atoms with Gasteiger partial charge in [-0.25, -0.2) is 9.97 Å². The van der Waals surface area contributed by atoms with Gasteiger partial charge < -0.3 is 9.88 Å². The molecule has 1 atom stereocenters. The van der Waals surface area contributed by atoms with Crippen molar-refractivity contribution in [1.29, 1.82) is 0 Å². The average Bonchev–Trinajstić information content (AvgIpc) is 3.10. The highest BCUT2D eigenvalue weighted by molar-refractivity contribution is 7.11. The van der Waals surface area contributed by atoms with E-state index in [0.717, 1.165) is 42.3 Å². The van der Waals surface area contributed by atoms with Crippen molar-refractivity contribution in [3.8, 4) is 0 Å². The predicted molar refractivity (Wildman–Crippen MR) is 77.9 cm³/mol. The predicted octanol–water partition coefficient (Wildman–Crippen LogP) is 2.77. The summed E-state index contributed by atoms with van der Waals surface area (Å²) in [7, 11) is 0. The molecule has 0 saturated carbocycles. The van der Waals surface area contributed by atoms with Crippen molar-refractivity contribution in [3.05, 3.63) is 33.3 Å². The second kappa shape index (κ2) is 5.01. The molecule has 1 aliphatic rings. The maximum Gasteiger partial charge on any atom is 0.283 e. The molecule has 6 heteroatoms. The number of amides is 1. The number of aromatic amines is 1. The van der Waals surface area contributed by atoms with Gasteiger partial charge in [-0.3, -0.25) is 4.79 Å². The summed E-state index contributed by atoms with van der Waals surface area (Å²) in [5, 5.41) is 2.49. The molecule has 0 bridgehead atoms. The van der Waals surface area contributed by atoms with E-state index in [4.69, 9.17) is 0 Å². The molecule has 3 heterocycles. The van der Waals surface area contributed by atoms with E-state index in [1.165, 1.54) is 11.3 Å². The number of aromatic nitrogens is 3. The van der Waals surface area contributed by atoms with Gasteiger partial charge in [0.2, 0.25) is 0 Å². The van der Waals surface area contributed by atoms with E-state index < -0.39 is 0 Å². The van der Waals surface area contributed by atoms with Crippen LogP contribution in [0.2, 0.25) is 0 Å². The van der Waals surface area contributed by atoms with Gasteiger partial charge in [-0.15, -0.1) is 11.3 Å². The van der Waals surface area contributed by atoms with E-state index in [1.807, 2.05) is 31.1 Å². The second-order valence-electron chi connectivity index (χ2n) is 5.28. The highest BCUT2D eigenvalue weighted by atomic mass is 32.1. The lowest BCUT2D eigenvalue weighted by Gasteiger charge is -2.22. The SMILES string of the molecule is Cc1csc(C(=O)N2CCCC2c2nc(C)c(C)[nH]2)n1. The summed E-state index contributed by atoms with van der Waals surface area (Å²) in [4.78, 5) is 26.6. The topological polar surface area (TPSA) is 61.9 Å². The number of H-pyrrole nitrogens is 1. The molecule has 1 amide bonds. The summed E-state index contributed by atoms with van der Waals surface area (Å²) in [5.41, 5.74) is 2.98. The Labute approximate surface area is 122 Å². The third kappa shape index (κ3) is 2.24. The number of thiazole rings is 1. The minimum Gasteiger partial charge on any atom is -0.344 e. The van der Waals surface area contributed by atoms with Gasteiger partial charge in [0.15, 0.2) is 5.01 Å². The smallest absolute Gasteiger partial charge is 0.283 e. The number of likely N-dealkylation sites (tertiary alicyclic amines) is 1. The monoisotopic (exact) mass is 290 g/mol. The van der Waals surface area contributed by atoms with E-state index in [2.05, 4.69) is 15.0 Å². The molecule has 3 rings (SSSR count). The first-order chi connectivity index (χ1) is 9.56. The van der Waals surface area contributed by atoms with Gasteiger partial charge in [0.05, 0.1) is 11.7 Å². The van der Waals surface area contributed by atoms with Crippen LogP contribution in [0.25, 0.3) is 0 Å². The fourth-order valence-electron chi connectivity index (χ4n) is 2.60. The Hall–Kier alpha value is -1.69. The summed E-state index contributed by atoms with van der Waals surface area (Å²) < 4.78 is 0. The van der Waals surface area contributed by atoms with E-state index in [9.17, 15) is 4.79 Å². The number of nitrogens with one attached hydrogen (secondary N) is 1. The molecule has 5 nitrogen and oxygen atoms in total. The molecule has 1 saturated heterocycles. The van der Waals surface area contributed by atoms with Gasteiger partial charge >= 0.3 is 0 Å². The highest BCUT2D eigenvalue weighted by Crippen LogP contribution is 2.32. The molecular formula is C14H18N4OS. The minimum atomic E-state index is 0.0253. The Bertz CT molecular complexity index is 626. The van der Waals surface area contributed by atoms with Gasteiger partial charge in [-0.1, -0.05) is 0 Å². The van der Waals surface area contributed by atoms with Crippen LogP contribution < -0.4 is 0 Å². The first-order valence-electron chi connectivity index (χ1n) is 6.82. The first kappa shape index (κ1) is 13.3. The number of carbonyl (C=O) groups excluding carboxylic acids is 1. The molecule has 0 aliphatic carbocycles. The number of aryl methyl sites for hydroxylation is 3. The van der Waals surface area contributed by atoms with Crippen molar-refractivity contribution in [3.63, 3.8) is 0 Å². The van der Waals surface area contributed by atoms with Crippen molar-refractivity contribution in [1.82, 2.24) is 19.9 Å². The molecule has 2 aromatic heterocycles. The Morgan fingerprint density at radius 2 is 2.20 bits per heavy atom. The molecular weight excluding hydrogens is 272 g/mol. The fourth-order valence-corrected chi connectivity index (χ4v) is 3.35. The van der Waals surface area contributed by atoms with Crippen LogP contribution in [0.5, 0.6) is 0 Å². The van der Waals surface area contributed by atoms with Gasteiger partial charge in [0.25, 0.3) is 5.91 Å². The number of carbonyl (C=O) groups is 1. The molecule has 0 aromatic carbocycles. The molecule has 2 aromatic rings. The van der Waals surface area contributed by atoms with E-state index >= 15 is 0 Å². The van der Waals surface area contributed by atoms with Gasteiger partial charge in [0, 0.05) is 23.3 Å². The summed E-state index contributed by atoms with van der Waals surface area (Å²) >= 11 is 1.42. The summed E-state index contributed by atoms with van der Waals surface area (Å²) in [6.07, 6.45) is 1.97. The van der Waals surface area contributed by atoms with Gasteiger partial charge in [-0.2, -0.15) is 0 Å². The molecule has 0 radical (unpaired) electrons. The lowest BCUT2D eigenvalue weighted by Crippen LogP contribution is -2.31. The van der Waals surface area contributed by atoms with E-state index in [1.54, 1.807) is 0 Å².